The van der Waals surface area contributed by atoms with Crippen LogP contribution in [0.4, 0.5) is 10.1 Å². The second-order valence-corrected chi connectivity index (χ2v) is 9.70. The Bertz CT molecular complexity index is 914. The Hall–Kier alpha value is -2.50. The molecular weight excluding hydrogens is 383 g/mol. The van der Waals surface area contributed by atoms with Crippen molar-refractivity contribution in [1.82, 2.24) is 4.90 Å². The first kappa shape index (κ1) is 18.3. The van der Waals surface area contributed by atoms with Gasteiger partial charge in [-0.15, -0.1) is 0 Å². The molecule has 0 radical (unpaired) electrons. The van der Waals surface area contributed by atoms with Crippen LogP contribution in [0.15, 0.2) is 36.4 Å². The number of allylic oxidation sites excluding steroid dienone is 2. The molecule has 1 heterocycles. The van der Waals surface area contributed by atoms with Crippen LogP contribution in [0.2, 0.25) is 0 Å². The first-order valence-corrected chi connectivity index (χ1v) is 11.1. The summed E-state index contributed by atoms with van der Waals surface area (Å²) < 4.78 is 13.0. The number of hydrogen-bond acceptors (Lipinski definition) is 3. The maximum Gasteiger partial charge on any atom is 0.233 e. The molecule has 4 fully saturated rings. The number of amides is 3. The van der Waals surface area contributed by atoms with E-state index in [2.05, 4.69) is 17.5 Å². The lowest BCUT2D eigenvalue weighted by atomic mass is 9.63. The molecular formula is C24H25FN2O3. The minimum Gasteiger partial charge on any atom is -0.326 e. The van der Waals surface area contributed by atoms with Crippen LogP contribution in [0.25, 0.3) is 0 Å². The third-order valence-electron chi connectivity index (χ3n) is 8.24. The van der Waals surface area contributed by atoms with E-state index in [1.54, 1.807) is 17.0 Å². The largest absolute Gasteiger partial charge is 0.326 e. The molecule has 3 amide bonds. The number of hydrogen-bond donors (Lipinski definition) is 1. The van der Waals surface area contributed by atoms with E-state index in [4.69, 9.17) is 0 Å². The van der Waals surface area contributed by atoms with Crippen LogP contribution in [0.5, 0.6) is 0 Å². The SMILES string of the molecule is O=C(Nc1ccc(F)cc1)C1CCC(N2C(=O)[C@@H]3[C@H]4C=C[C@@H]([C@@H]5C[C@@H]45)[C@H]3C2=O)CC1. The lowest BCUT2D eigenvalue weighted by molar-refractivity contribution is -0.144. The van der Waals surface area contributed by atoms with Gasteiger partial charge in [0.2, 0.25) is 17.7 Å². The van der Waals surface area contributed by atoms with E-state index >= 15 is 0 Å². The molecule has 6 atom stereocenters. The summed E-state index contributed by atoms with van der Waals surface area (Å²) in [4.78, 5) is 40.7. The molecule has 0 unspecified atom stereocenters. The molecule has 1 aromatic carbocycles. The predicted octanol–water partition coefficient (Wildman–Crippen LogP) is 3.38. The zero-order chi connectivity index (χ0) is 20.6. The van der Waals surface area contributed by atoms with E-state index in [9.17, 15) is 18.8 Å². The molecule has 5 nitrogen and oxygen atoms in total. The van der Waals surface area contributed by atoms with Crippen molar-refractivity contribution in [1.29, 1.82) is 0 Å². The maximum atomic E-state index is 13.2. The van der Waals surface area contributed by atoms with Crippen molar-refractivity contribution >= 4 is 23.4 Å². The number of benzene rings is 1. The van der Waals surface area contributed by atoms with Crippen LogP contribution in [-0.2, 0) is 14.4 Å². The number of carbonyl (C=O) groups is 3. The van der Waals surface area contributed by atoms with Crippen molar-refractivity contribution in [2.75, 3.05) is 5.32 Å². The minimum atomic E-state index is -0.338. The Morgan fingerprint density at radius 1 is 0.900 bits per heavy atom. The van der Waals surface area contributed by atoms with Crippen molar-refractivity contribution in [3.63, 3.8) is 0 Å². The highest BCUT2D eigenvalue weighted by molar-refractivity contribution is 6.06. The standard InChI is InChI=1S/C24H25FN2O3/c25-13-3-5-14(6-4-13)26-22(28)12-1-7-15(8-2-12)27-23(29)20-16-9-10-17(19-11-18(16)19)21(20)24(27)30/h3-6,9-10,12,15-21H,1-2,7-8,11H2,(H,26,28)/t12?,15?,16-,17-,18-,19-,20+,21+/m0/s1. The number of anilines is 1. The Morgan fingerprint density at radius 3 is 2.03 bits per heavy atom. The molecule has 30 heavy (non-hydrogen) atoms. The fourth-order valence-electron chi connectivity index (χ4n) is 6.71. The average molecular weight is 408 g/mol. The lowest BCUT2D eigenvalue weighted by Gasteiger charge is -2.37. The Balaban J connectivity index is 1.11. The summed E-state index contributed by atoms with van der Waals surface area (Å²) >= 11 is 0. The number of nitrogens with one attached hydrogen (secondary N) is 1. The highest BCUT2D eigenvalue weighted by Gasteiger charge is 2.67. The van der Waals surface area contributed by atoms with Crippen molar-refractivity contribution in [3.05, 3.63) is 42.2 Å². The summed E-state index contributed by atoms with van der Waals surface area (Å²) in [5.74, 6) is 0.965. The number of likely N-dealkylation sites (tertiary alicyclic amines) is 1. The average Bonchev–Trinajstić information content (AvgIpc) is 3.53. The van der Waals surface area contributed by atoms with Gasteiger partial charge in [0.05, 0.1) is 11.8 Å². The van der Waals surface area contributed by atoms with Gasteiger partial charge in [-0.25, -0.2) is 4.39 Å². The molecule has 1 saturated heterocycles. The van der Waals surface area contributed by atoms with Gasteiger partial charge in [-0.05, 0) is 80.0 Å². The summed E-state index contributed by atoms with van der Waals surface area (Å²) in [5, 5.41) is 2.85. The maximum absolute atomic E-state index is 13.2. The normalized spacial score (nSPS) is 40.9. The molecule has 0 spiro atoms. The van der Waals surface area contributed by atoms with Gasteiger partial charge < -0.3 is 5.32 Å². The van der Waals surface area contributed by atoms with Crippen LogP contribution < -0.4 is 5.32 Å². The van der Waals surface area contributed by atoms with Gasteiger partial charge in [0.25, 0.3) is 0 Å². The van der Waals surface area contributed by atoms with Gasteiger partial charge in [-0.1, -0.05) is 12.2 Å². The first-order valence-electron chi connectivity index (χ1n) is 11.1. The molecule has 1 aromatic rings. The van der Waals surface area contributed by atoms with Gasteiger partial charge in [0.15, 0.2) is 0 Å². The van der Waals surface area contributed by atoms with Crippen molar-refractivity contribution in [2.45, 2.75) is 38.1 Å². The molecule has 6 aliphatic rings. The second-order valence-electron chi connectivity index (χ2n) is 9.70. The van der Waals surface area contributed by atoms with Crippen molar-refractivity contribution in [3.8, 4) is 0 Å². The third kappa shape index (κ3) is 2.62. The number of rotatable bonds is 3. The predicted molar refractivity (Wildman–Crippen MR) is 107 cm³/mol. The van der Waals surface area contributed by atoms with Gasteiger partial charge in [-0.3, -0.25) is 19.3 Å². The topological polar surface area (TPSA) is 66.5 Å². The Labute approximate surface area is 174 Å². The molecule has 5 aliphatic carbocycles. The monoisotopic (exact) mass is 408 g/mol. The summed E-state index contributed by atoms with van der Waals surface area (Å²) in [6.07, 6.45) is 8.23. The van der Waals surface area contributed by atoms with Gasteiger partial charge >= 0.3 is 0 Å². The molecule has 0 aromatic heterocycles. The van der Waals surface area contributed by atoms with E-state index in [0.29, 0.717) is 43.2 Å². The molecule has 156 valence electrons. The highest BCUT2D eigenvalue weighted by Crippen LogP contribution is 2.65. The van der Waals surface area contributed by atoms with Gasteiger partial charge in [0, 0.05) is 17.6 Å². The number of halogens is 1. The van der Waals surface area contributed by atoms with Crippen molar-refractivity contribution in [2.24, 2.45) is 41.4 Å². The van der Waals surface area contributed by atoms with E-state index < -0.39 is 0 Å². The fourth-order valence-corrected chi connectivity index (χ4v) is 6.71. The van der Waals surface area contributed by atoms with E-state index in [-0.39, 0.29) is 59.2 Å². The van der Waals surface area contributed by atoms with Gasteiger partial charge in [-0.2, -0.15) is 0 Å². The molecule has 7 rings (SSSR count). The quantitative estimate of drug-likeness (QED) is 0.616. The zero-order valence-corrected chi connectivity index (χ0v) is 16.7. The van der Waals surface area contributed by atoms with Crippen LogP contribution >= 0.6 is 0 Å². The minimum absolute atomic E-state index is 0.0360. The Morgan fingerprint density at radius 2 is 1.47 bits per heavy atom. The van der Waals surface area contributed by atoms with Crippen molar-refractivity contribution < 1.29 is 18.8 Å². The smallest absolute Gasteiger partial charge is 0.233 e. The fraction of sp³-hybridized carbons (Fsp3) is 0.542. The van der Waals surface area contributed by atoms with E-state index in [1.165, 1.54) is 18.6 Å². The second kappa shape index (κ2) is 6.50. The summed E-state index contributed by atoms with van der Waals surface area (Å²) in [7, 11) is 0. The van der Waals surface area contributed by atoms with E-state index in [1.807, 2.05) is 0 Å². The first-order chi connectivity index (χ1) is 14.5. The number of nitrogens with zero attached hydrogens (tertiary/aromatic N) is 1. The molecule has 1 N–H and O–H groups in total. The molecule has 1 aliphatic heterocycles. The number of imide groups is 1. The van der Waals surface area contributed by atoms with Crippen LogP contribution in [0.3, 0.4) is 0 Å². The van der Waals surface area contributed by atoms with Gasteiger partial charge in [0.1, 0.15) is 5.82 Å². The highest BCUT2D eigenvalue weighted by atomic mass is 19.1. The van der Waals surface area contributed by atoms with Crippen LogP contribution in [0.1, 0.15) is 32.1 Å². The van der Waals surface area contributed by atoms with Crippen LogP contribution in [-0.4, -0.2) is 28.7 Å². The Kier molecular flexibility index (Phi) is 3.96. The summed E-state index contributed by atoms with van der Waals surface area (Å²) in [5.41, 5.74) is 0.582. The molecule has 3 saturated carbocycles. The van der Waals surface area contributed by atoms with E-state index in [0.717, 1.165) is 0 Å². The molecule has 6 heteroatoms. The zero-order valence-electron chi connectivity index (χ0n) is 16.7. The number of carbonyl (C=O) groups excluding carboxylic acids is 3. The summed E-state index contributed by atoms with van der Waals surface area (Å²) in [6.45, 7) is 0. The summed E-state index contributed by atoms with van der Waals surface area (Å²) in [6, 6.07) is 5.66. The lowest BCUT2D eigenvalue weighted by Crippen LogP contribution is -2.44. The van der Waals surface area contributed by atoms with Crippen LogP contribution in [0, 0.1) is 47.2 Å². The molecule has 2 bridgehead atoms. The third-order valence-corrected chi connectivity index (χ3v) is 8.24.